The smallest absolute Gasteiger partial charge is 0.307 e. The molecular weight excluding hydrogens is 156 g/mol. The van der Waals surface area contributed by atoms with Crippen LogP contribution in [0.1, 0.15) is 18.6 Å². The van der Waals surface area contributed by atoms with Gasteiger partial charge in [-0.25, -0.2) is 0 Å². The third-order valence-corrected chi connectivity index (χ3v) is 1.04. The molecule has 0 aliphatic heterocycles. The highest BCUT2D eigenvalue weighted by atomic mass is 19.3. The largest absolute Gasteiger partial charge is 0.338 e. The number of aromatic nitrogens is 2. The summed E-state index contributed by atoms with van der Waals surface area (Å²) in [4.78, 5) is 3.35. The van der Waals surface area contributed by atoms with Crippen molar-refractivity contribution in [3.8, 4) is 0 Å². The van der Waals surface area contributed by atoms with E-state index >= 15 is 0 Å². The first-order chi connectivity index (χ1) is 5.04. The maximum Gasteiger partial charge on any atom is 0.307 e. The summed E-state index contributed by atoms with van der Waals surface area (Å²) in [6.07, 6.45) is 0. The summed E-state index contributed by atoms with van der Waals surface area (Å²) in [5, 5.41) is 3.04. The van der Waals surface area contributed by atoms with E-state index < -0.39 is 11.7 Å². The summed E-state index contributed by atoms with van der Waals surface area (Å²) in [7, 11) is 0. The van der Waals surface area contributed by atoms with Gasteiger partial charge in [-0.05, 0) is 0 Å². The summed E-state index contributed by atoms with van der Waals surface area (Å²) in [6, 6.07) is 0. The van der Waals surface area contributed by atoms with Gasteiger partial charge in [-0.1, -0.05) is 5.16 Å². The van der Waals surface area contributed by atoms with Gasteiger partial charge in [0.25, 0.3) is 0 Å². The molecule has 0 saturated carbocycles. The molecule has 11 heavy (non-hydrogen) atoms. The molecule has 0 unspecified atom stereocenters. The Morgan fingerprint density at radius 2 is 2.27 bits per heavy atom. The first-order valence-electron chi connectivity index (χ1n) is 2.95. The fourth-order valence-electron chi connectivity index (χ4n) is 0.516. The summed E-state index contributed by atoms with van der Waals surface area (Å²) in [6.45, 7) is 0.668. The Morgan fingerprint density at radius 1 is 1.64 bits per heavy atom. The molecule has 1 aromatic heterocycles. The third kappa shape index (κ3) is 1.70. The van der Waals surface area contributed by atoms with Crippen molar-refractivity contribution in [1.82, 2.24) is 10.1 Å². The Morgan fingerprint density at radius 3 is 2.55 bits per heavy atom. The highest BCUT2D eigenvalue weighted by Crippen LogP contribution is 2.23. The highest BCUT2D eigenvalue weighted by Gasteiger charge is 2.30. The molecule has 0 radical (unpaired) electrons. The number of rotatable bonds is 2. The zero-order chi connectivity index (χ0) is 8.48. The van der Waals surface area contributed by atoms with Crippen LogP contribution < -0.4 is 5.73 Å². The van der Waals surface area contributed by atoms with Gasteiger partial charge in [0.15, 0.2) is 0 Å². The van der Waals surface area contributed by atoms with Gasteiger partial charge < -0.3 is 10.3 Å². The molecule has 2 N–H and O–H groups in total. The molecule has 0 fully saturated rings. The summed E-state index contributed by atoms with van der Waals surface area (Å²) >= 11 is 0. The Balaban J connectivity index is 2.89. The SMILES string of the molecule is CC(F)(F)c1noc(CN)n1. The molecule has 0 aliphatic rings. The van der Waals surface area contributed by atoms with E-state index in [1.165, 1.54) is 0 Å². The maximum absolute atomic E-state index is 12.4. The molecule has 6 heteroatoms. The van der Waals surface area contributed by atoms with Gasteiger partial charge in [-0.15, -0.1) is 0 Å². The zero-order valence-corrected chi connectivity index (χ0v) is 5.84. The van der Waals surface area contributed by atoms with E-state index in [0.717, 1.165) is 0 Å². The zero-order valence-electron chi connectivity index (χ0n) is 5.84. The van der Waals surface area contributed by atoms with Crippen molar-refractivity contribution in [2.75, 3.05) is 0 Å². The van der Waals surface area contributed by atoms with Crippen LogP contribution in [0, 0.1) is 0 Å². The molecule has 1 aromatic rings. The highest BCUT2D eigenvalue weighted by molar-refractivity contribution is 4.92. The van der Waals surface area contributed by atoms with Gasteiger partial charge >= 0.3 is 5.92 Å². The van der Waals surface area contributed by atoms with E-state index in [0.29, 0.717) is 6.92 Å². The number of halogens is 2. The maximum atomic E-state index is 12.4. The van der Waals surface area contributed by atoms with Gasteiger partial charge in [0, 0.05) is 6.92 Å². The quantitative estimate of drug-likeness (QED) is 0.694. The van der Waals surface area contributed by atoms with Gasteiger partial charge in [-0.3, -0.25) is 0 Å². The van der Waals surface area contributed by atoms with Crippen molar-refractivity contribution in [3.05, 3.63) is 11.7 Å². The van der Waals surface area contributed by atoms with Gasteiger partial charge in [0.05, 0.1) is 6.54 Å². The van der Waals surface area contributed by atoms with Crippen LogP contribution in [0.4, 0.5) is 8.78 Å². The Bertz CT molecular complexity index is 242. The van der Waals surface area contributed by atoms with Crippen molar-refractivity contribution < 1.29 is 13.3 Å². The summed E-state index contributed by atoms with van der Waals surface area (Å²) in [5.74, 6) is -3.67. The minimum Gasteiger partial charge on any atom is -0.338 e. The fourth-order valence-corrected chi connectivity index (χ4v) is 0.516. The van der Waals surface area contributed by atoms with Crippen LogP contribution in [0.2, 0.25) is 0 Å². The van der Waals surface area contributed by atoms with Crippen LogP contribution in [-0.4, -0.2) is 10.1 Å². The van der Waals surface area contributed by atoms with Crippen molar-refractivity contribution in [2.24, 2.45) is 5.73 Å². The first-order valence-corrected chi connectivity index (χ1v) is 2.95. The lowest BCUT2D eigenvalue weighted by atomic mass is 10.4. The van der Waals surface area contributed by atoms with E-state index in [1.807, 2.05) is 0 Å². The van der Waals surface area contributed by atoms with Gasteiger partial charge in [0.1, 0.15) is 0 Å². The number of alkyl halides is 2. The number of hydrogen-bond donors (Lipinski definition) is 1. The second-order valence-corrected chi connectivity index (χ2v) is 2.10. The normalized spacial score (nSPS) is 12.0. The van der Waals surface area contributed by atoms with E-state index in [1.54, 1.807) is 0 Å². The van der Waals surface area contributed by atoms with Crippen LogP contribution in [-0.2, 0) is 12.5 Å². The Kier molecular flexibility index (Phi) is 1.86. The number of nitrogens with zero attached hydrogens (tertiary/aromatic N) is 2. The topological polar surface area (TPSA) is 64.9 Å². The Hall–Kier alpha value is -1.04. The van der Waals surface area contributed by atoms with E-state index in [-0.39, 0.29) is 12.4 Å². The predicted octanol–water partition coefficient (Wildman–Crippen LogP) is 0.640. The van der Waals surface area contributed by atoms with Crippen LogP contribution in [0.5, 0.6) is 0 Å². The minimum absolute atomic E-state index is 0.0153. The van der Waals surface area contributed by atoms with Crippen molar-refractivity contribution in [1.29, 1.82) is 0 Å². The molecule has 4 nitrogen and oxygen atoms in total. The number of nitrogens with two attached hydrogens (primary N) is 1. The molecule has 62 valence electrons. The third-order valence-electron chi connectivity index (χ3n) is 1.04. The molecule has 0 spiro atoms. The molecular formula is C5H7F2N3O. The van der Waals surface area contributed by atoms with Crippen molar-refractivity contribution >= 4 is 0 Å². The molecule has 0 amide bonds. The fraction of sp³-hybridized carbons (Fsp3) is 0.600. The summed E-state index contributed by atoms with van der Waals surface area (Å²) < 4.78 is 29.1. The molecule has 0 aromatic carbocycles. The van der Waals surface area contributed by atoms with Gasteiger partial charge in [0.2, 0.25) is 11.7 Å². The van der Waals surface area contributed by atoms with E-state index in [4.69, 9.17) is 5.73 Å². The minimum atomic E-state index is -3.06. The lowest BCUT2D eigenvalue weighted by Crippen LogP contribution is -2.09. The lowest BCUT2D eigenvalue weighted by Gasteiger charge is -2.00. The van der Waals surface area contributed by atoms with Crippen LogP contribution >= 0.6 is 0 Å². The van der Waals surface area contributed by atoms with Crippen molar-refractivity contribution in [2.45, 2.75) is 19.4 Å². The first kappa shape index (κ1) is 8.06. The van der Waals surface area contributed by atoms with E-state index in [9.17, 15) is 8.78 Å². The van der Waals surface area contributed by atoms with Crippen LogP contribution in [0.25, 0.3) is 0 Å². The molecule has 1 heterocycles. The van der Waals surface area contributed by atoms with Crippen LogP contribution in [0.15, 0.2) is 4.52 Å². The molecule has 0 atom stereocenters. The molecule has 0 aliphatic carbocycles. The predicted molar refractivity (Wildman–Crippen MR) is 31.8 cm³/mol. The van der Waals surface area contributed by atoms with Crippen molar-refractivity contribution in [3.63, 3.8) is 0 Å². The summed E-state index contributed by atoms with van der Waals surface area (Å²) in [5.41, 5.74) is 5.07. The molecule has 0 saturated heterocycles. The van der Waals surface area contributed by atoms with Gasteiger partial charge in [-0.2, -0.15) is 13.8 Å². The Labute approximate surface area is 61.4 Å². The lowest BCUT2D eigenvalue weighted by molar-refractivity contribution is 0.00559. The monoisotopic (exact) mass is 163 g/mol. The molecule has 0 bridgehead atoms. The average molecular weight is 163 g/mol. The average Bonchev–Trinajstić information content (AvgIpc) is 2.32. The standard InChI is InChI=1S/C5H7F2N3O/c1-5(6,7)4-9-3(2-8)11-10-4/h2,8H2,1H3. The number of hydrogen-bond acceptors (Lipinski definition) is 4. The second-order valence-electron chi connectivity index (χ2n) is 2.10. The second kappa shape index (κ2) is 2.54. The molecule has 1 rings (SSSR count). The van der Waals surface area contributed by atoms with E-state index in [2.05, 4.69) is 14.7 Å². The van der Waals surface area contributed by atoms with Crippen LogP contribution in [0.3, 0.4) is 0 Å².